The Morgan fingerprint density at radius 1 is 0.741 bits per heavy atom. The molecule has 0 heterocycles. The predicted octanol–water partition coefficient (Wildman–Crippen LogP) is 4.50. The summed E-state index contributed by atoms with van der Waals surface area (Å²) in [7, 11) is 0. The summed E-state index contributed by atoms with van der Waals surface area (Å²) in [5.41, 5.74) is 0.682. The van der Waals surface area contributed by atoms with Crippen molar-refractivity contribution in [2.45, 2.75) is 17.8 Å². The second kappa shape index (κ2) is 7.41. The maximum absolute atomic E-state index is 9.86. The molecule has 4 nitrogen and oxygen atoms in total. The number of nitriles is 4. The Balaban J connectivity index is 2.05. The zero-order valence-electron chi connectivity index (χ0n) is 14.4. The van der Waals surface area contributed by atoms with Gasteiger partial charge in [-0.25, -0.2) is 0 Å². The number of rotatable bonds is 4. The van der Waals surface area contributed by atoms with Gasteiger partial charge in [0.05, 0.1) is 24.3 Å². The van der Waals surface area contributed by atoms with Gasteiger partial charge in [-0.15, -0.1) is 0 Å². The van der Waals surface area contributed by atoms with E-state index in [0.29, 0.717) is 11.1 Å². The highest BCUT2D eigenvalue weighted by atomic mass is 14.4. The zero-order chi connectivity index (χ0) is 19.3. The summed E-state index contributed by atoms with van der Waals surface area (Å²) in [5, 5.41) is 39.8. The van der Waals surface area contributed by atoms with Crippen LogP contribution in [0.5, 0.6) is 0 Å². The van der Waals surface area contributed by atoms with Crippen molar-refractivity contribution >= 4 is 10.8 Å². The molecule has 0 bridgehead atoms. The van der Waals surface area contributed by atoms with Gasteiger partial charge >= 0.3 is 0 Å². The predicted molar refractivity (Wildman–Crippen MR) is 101 cm³/mol. The first-order valence-corrected chi connectivity index (χ1v) is 8.36. The first kappa shape index (κ1) is 17.7. The van der Waals surface area contributed by atoms with Gasteiger partial charge in [0.1, 0.15) is 0 Å². The monoisotopic (exact) mass is 346 g/mol. The van der Waals surface area contributed by atoms with Crippen LogP contribution in [0.15, 0.2) is 66.7 Å². The molecule has 0 spiro atoms. The van der Waals surface area contributed by atoms with Crippen LogP contribution in [0.1, 0.15) is 22.6 Å². The Hall–Kier alpha value is -4.12. The van der Waals surface area contributed by atoms with Crippen molar-refractivity contribution in [3.63, 3.8) is 0 Å². The Morgan fingerprint density at radius 3 is 2.00 bits per heavy atom. The molecule has 0 unspecified atom stereocenters. The molecular weight excluding hydrogens is 332 g/mol. The fraction of sp³-hybridized carbons (Fsp3) is 0.130. The molecule has 4 heteroatoms. The van der Waals surface area contributed by atoms with Gasteiger partial charge in [0.2, 0.25) is 0 Å². The maximum Gasteiger partial charge on any atom is 0.172 e. The highest BCUT2D eigenvalue weighted by Crippen LogP contribution is 2.31. The number of nitrogens with zero attached hydrogens (tertiary/aromatic N) is 4. The van der Waals surface area contributed by atoms with E-state index >= 15 is 0 Å². The lowest BCUT2D eigenvalue weighted by molar-refractivity contribution is 0.697. The van der Waals surface area contributed by atoms with Gasteiger partial charge in [-0.1, -0.05) is 66.7 Å². The van der Waals surface area contributed by atoms with E-state index in [4.69, 9.17) is 10.5 Å². The fourth-order valence-electron chi connectivity index (χ4n) is 3.21. The SMILES string of the molecule is N#CC(C#N)c1ccc(C(C#N)(C#N)Cc2cccc3ccccc23)cc1. The minimum absolute atomic E-state index is 0.251. The molecule has 0 fully saturated rings. The molecule has 0 aliphatic carbocycles. The van der Waals surface area contributed by atoms with E-state index in [-0.39, 0.29) is 6.42 Å². The van der Waals surface area contributed by atoms with E-state index in [9.17, 15) is 10.5 Å². The van der Waals surface area contributed by atoms with E-state index in [0.717, 1.165) is 16.3 Å². The van der Waals surface area contributed by atoms with Crippen LogP contribution in [0.3, 0.4) is 0 Å². The van der Waals surface area contributed by atoms with Crippen LogP contribution in [-0.2, 0) is 11.8 Å². The van der Waals surface area contributed by atoms with E-state index in [1.165, 1.54) is 0 Å². The highest BCUT2D eigenvalue weighted by molar-refractivity contribution is 5.86. The van der Waals surface area contributed by atoms with Crippen molar-refractivity contribution in [1.82, 2.24) is 0 Å². The molecule has 3 aromatic carbocycles. The van der Waals surface area contributed by atoms with Crippen LogP contribution >= 0.6 is 0 Å². The number of hydrogen-bond acceptors (Lipinski definition) is 4. The van der Waals surface area contributed by atoms with Crippen molar-refractivity contribution in [2.24, 2.45) is 0 Å². The van der Waals surface area contributed by atoms with Crippen LogP contribution in [0.2, 0.25) is 0 Å². The summed E-state index contributed by atoms with van der Waals surface area (Å²) in [6, 6.07) is 28.5. The zero-order valence-corrected chi connectivity index (χ0v) is 14.4. The summed E-state index contributed by atoms with van der Waals surface area (Å²) in [6.07, 6.45) is 0.251. The maximum atomic E-state index is 9.86. The van der Waals surface area contributed by atoms with Crippen LogP contribution < -0.4 is 0 Å². The number of hydrogen-bond donors (Lipinski definition) is 0. The molecule has 0 aromatic heterocycles. The number of fused-ring (bicyclic) bond motifs is 1. The third-order valence-corrected chi connectivity index (χ3v) is 4.71. The summed E-state index contributed by atoms with van der Waals surface area (Å²) < 4.78 is 0. The Morgan fingerprint density at radius 2 is 1.37 bits per heavy atom. The number of benzene rings is 3. The van der Waals surface area contributed by atoms with Gasteiger partial charge in [-0.3, -0.25) is 0 Å². The van der Waals surface area contributed by atoms with Gasteiger partial charge in [0, 0.05) is 6.42 Å². The quantitative estimate of drug-likeness (QED) is 0.695. The molecule has 3 rings (SSSR count). The molecule has 0 amide bonds. The summed E-state index contributed by atoms with van der Waals surface area (Å²) >= 11 is 0. The molecule has 3 aromatic rings. The van der Waals surface area contributed by atoms with E-state index in [2.05, 4.69) is 12.1 Å². The first-order valence-electron chi connectivity index (χ1n) is 8.36. The van der Waals surface area contributed by atoms with E-state index in [1.807, 2.05) is 54.6 Å². The normalized spacial score (nSPS) is 10.6. The molecule has 27 heavy (non-hydrogen) atoms. The van der Waals surface area contributed by atoms with Crippen molar-refractivity contribution in [3.05, 3.63) is 83.4 Å². The molecule has 0 N–H and O–H groups in total. The largest absolute Gasteiger partial charge is 0.196 e. The average molecular weight is 346 g/mol. The Bertz CT molecular complexity index is 1120. The topological polar surface area (TPSA) is 95.2 Å². The molecule has 0 saturated heterocycles. The second-order valence-corrected chi connectivity index (χ2v) is 6.26. The van der Waals surface area contributed by atoms with Crippen molar-refractivity contribution in [1.29, 1.82) is 21.0 Å². The fourth-order valence-corrected chi connectivity index (χ4v) is 3.21. The summed E-state index contributed by atoms with van der Waals surface area (Å²) in [4.78, 5) is 0. The average Bonchev–Trinajstić information content (AvgIpc) is 2.74. The molecule has 0 radical (unpaired) electrons. The minimum Gasteiger partial charge on any atom is -0.196 e. The van der Waals surface area contributed by atoms with Gasteiger partial charge in [0.25, 0.3) is 0 Å². The molecule has 0 atom stereocenters. The second-order valence-electron chi connectivity index (χ2n) is 6.26. The standard InChI is InChI=1S/C23H14N4/c24-13-20(14-25)17-8-10-21(11-9-17)23(15-26,16-27)12-19-6-3-5-18-4-1-2-7-22(18)19/h1-11,20H,12H2. The van der Waals surface area contributed by atoms with Gasteiger partial charge in [-0.2, -0.15) is 21.0 Å². The highest BCUT2D eigenvalue weighted by Gasteiger charge is 2.33. The lowest BCUT2D eigenvalue weighted by Crippen LogP contribution is -2.25. The van der Waals surface area contributed by atoms with Gasteiger partial charge in [0.15, 0.2) is 11.3 Å². The van der Waals surface area contributed by atoms with Crippen LogP contribution in [0, 0.1) is 45.3 Å². The van der Waals surface area contributed by atoms with E-state index < -0.39 is 11.3 Å². The van der Waals surface area contributed by atoms with Crippen molar-refractivity contribution in [2.75, 3.05) is 0 Å². The van der Waals surface area contributed by atoms with Crippen LogP contribution in [0.4, 0.5) is 0 Å². The summed E-state index contributed by atoms with van der Waals surface area (Å²) in [6.45, 7) is 0. The third-order valence-electron chi connectivity index (χ3n) is 4.71. The molecule has 126 valence electrons. The smallest absolute Gasteiger partial charge is 0.172 e. The molecule has 0 aliphatic heterocycles. The van der Waals surface area contributed by atoms with E-state index in [1.54, 1.807) is 24.3 Å². The van der Waals surface area contributed by atoms with Crippen molar-refractivity contribution in [3.8, 4) is 24.3 Å². The first-order chi connectivity index (χ1) is 13.2. The lowest BCUT2D eigenvalue weighted by atomic mass is 9.77. The minimum atomic E-state index is -1.35. The Kier molecular flexibility index (Phi) is 4.86. The summed E-state index contributed by atoms with van der Waals surface area (Å²) in [5.74, 6) is -0.865. The van der Waals surface area contributed by atoms with Gasteiger partial charge in [-0.05, 0) is 27.5 Å². The van der Waals surface area contributed by atoms with Gasteiger partial charge < -0.3 is 0 Å². The Labute approximate surface area is 157 Å². The molecule has 0 saturated carbocycles. The molecular formula is C23H14N4. The lowest BCUT2D eigenvalue weighted by Gasteiger charge is -2.20. The van der Waals surface area contributed by atoms with Crippen LogP contribution in [-0.4, -0.2) is 0 Å². The van der Waals surface area contributed by atoms with Crippen molar-refractivity contribution < 1.29 is 0 Å². The third kappa shape index (κ3) is 3.21. The molecule has 0 aliphatic rings. The van der Waals surface area contributed by atoms with Crippen LogP contribution in [0.25, 0.3) is 10.8 Å².